The molecule has 0 aliphatic carbocycles. The van der Waals surface area contributed by atoms with Gasteiger partial charge in [-0.15, -0.1) is 0 Å². The summed E-state index contributed by atoms with van der Waals surface area (Å²) in [6, 6.07) is 0. The first-order valence-electron chi connectivity index (χ1n) is 6.73. The van der Waals surface area contributed by atoms with E-state index in [4.69, 9.17) is 4.52 Å². The maximum absolute atomic E-state index is 11.8. The van der Waals surface area contributed by atoms with Crippen molar-refractivity contribution in [2.24, 2.45) is 0 Å². The fourth-order valence-electron chi connectivity index (χ4n) is 2.08. The SMILES string of the molecule is Cc1nc(CCNC(=O)CN2CCCNCC2)no1. The van der Waals surface area contributed by atoms with E-state index in [2.05, 4.69) is 25.7 Å². The van der Waals surface area contributed by atoms with Crippen LogP contribution in [0.3, 0.4) is 0 Å². The largest absolute Gasteiger partial charge is 0.355 e. The van der Waals surface area contributed by atoms with Crippen molar-refractivity contribution in [2.45, 2.75) is 19.8 Å². The first-order valence-corrected chi connectivity index (χ1v) is 6.73. The summed E-state index contributed by atoms with van der Waals surface area (Å²) in [4.78, 5) is 18.0. The Morgan fingerprint density at radius 2 is 2.37 bits per heavy atom. The van der Waals surface area contributed by atoms with E-state index in [1.165, 1.54) is 0 Å². The summed E-state index contributed by atoms with van der Waals surface area (Å²) >= 11 is 0. The lowest BCUT2D eigenvalue weighted by Crippen LogP contribution is -2.39. The zero-order valence-corrected chi connectivity index (χ0v) is 11.3. The van der Waals surface area contributed by atoms with Crippen LogP contribution in [0.5, 0.6) is 0 Å². The van der Waals surface area contributed by atoms with Gasteiger partial charge in [-0.25, -0.2) is 0 Å². The van der Waals surface area contributed by atoms with E-state index < -0.39 is 0 Å². The number of carbonyl (C=O) groups is 1. The van der Waals surface area contributed by atoms with Crippen molar-refractivity contribution in [1.29, 1.82) is 0 Å². The molecule has 7 heteroatoms. The molecule has 1 aromatic rings. The third kappa shape index (κ3) is 4.96. The van der Waals surface area contributed by atoms with Crippen LogP contribution in [0, 0.1) is 6.92 Å². The maximum atomic E-state index is 11.8. The molecule has 2 N–H and O–H groups in total. The molecule has 1 aliphatic heterocycles. The van der Waals surface area contributed by atoms with Gasteiger partial charge in [0, 0.05) is 33.0 Å². The molecule has 106 valence electrons. The smallest absolute Gasteiger partial charge is 0.234 e. The Hall–Kier alpha value is -1.47. The summed E-state index contributed by atoms with van der Waals surface area (Å²) in [5, 5.41) is 9.99. The lowest BCUT2D eigenvalue weighted by atomic mass is 10.3. The summed E-state index contributed by atoms with van der Waals surface area (Å²) in [6.07, 6.45) is 1.69. The monoisotopic (exact) mass is 267 g/mol. The van der Waals surface area contributed by atoms with Gasteiger partial charge < -0.3 is 15.2 Å². The van der Waals surface area contributed by atoms with Crippen molar-refractivity contribution in [3.63, 3.8) is 0 Å². The van der Waals surface area contributed by atoms with Gasteiger partial charge in [0.2, 0.25) is 11.8 Å². The number of hydrogen-bond acceptors (Lipinski definition) is 6. The summed E-state index contributed by atoms with van der Waals surface area (Å²) < 4.78 is 4.87. The average molecular weight is 267 g/mol. The summed E-state index contributed by atoms with van der Waals surface area (Å²) in [5.74, 6) is 1.25. The quantitative estimate of drug-likeness (QED) is 0.736. The highest BCUT2D eigenvalue weighted by molar-refractivity contribution is 5.77. The van der Waals surface area contributed by atoms with Crippen molar-refractivity contribution in [2.75, 3.05) is 39.3 Å². The fraction of sp³-hybridized carbons (Fsp3) is 0.750. The van der Waals surface area contributed by atoms with Crippen molar-refractivity contribution in [3.8, 4) is 0 Å². The Morgan fingerprint density at radius 1 is 1.47 bits per heavy atom. The molecule has 7 nitrogen and oxygen atoms in total. The second-order valence-electron chi connectivity index (χ2n) is 4.71. The minimum Gasteiger partial charge on any atom is -0.355 e. The zero-order chi connectivity index (χ0) is 13.5. The molecule has 0 atom stereocenters. The van der Waals surface area contributed by atoms with E-state index in [1.807, 2.05) is 0 Å². The Labute approximate surface area is 112 Å². The summed E-state index contributed by atoms with van der Waals surface area (Å²) in [5.41, 5.74) is 0. The molecule has 1 fully saturated rings. The van der Waals surface area contributed by atoms with Gasteiger partial charge in [-0.2, -0.15) is 4.98 Å². The van der Waals surface area contributed by atoms with Crippen LogP contribution in [0.15, 0.2) is 4.52 Å². The van der Waals surface area contributed by atoms with Gasteiger partial charge >= 0.3 is 0 Å². The number of nitrogens with zero attached hydrogens (tertiary/aromatic N) is 3. The number of aromatic nitrogens is 2. The number of hydrogen-bond donors (Lipinski definition) is 2. The minimum atomic E-state index is 0.0575. The molecule has 2 heterocycles. The fourth-order valence-corrected chi connectivity index (χ4v) is 2.08. The van der Waals surface area contributed by atoms with Crippen LogP contribution in [0.25, 0.3) is 0 Å². The first kappa shape index (κ1) is 14.0. The molecule has 2 rings (SSSR count). The maximum Gasteiger partial charge on any atom is 0.234 e. The Bertz CT molecular complexity index is 399. The van der Waals surface area contributed by atoms with Crippen LogP contribution < -0.4 is 10.6 Å². The minimum absolute atomic E-state index is 0.0575. The zero-order valence-electron chi connectivity index (χ0n) is 11.3. The van der Waals surface area contributed by atoms with Gasteiger partial charge in [-0.05, 0) is 19.5 Å². The van der Waals surface area contributed by atoms with Crippen molar-refractivity contribution in [1.82, 2.24) is 25.7 Å². The molecule has 1 aromatic heterocycles. The van der Waals surface area contributed by atoms with E-state index >= 15 is 0 Å². The molecule has 0 saturated carbocycles. The van der Waals surface area contributed by atoms with Gasteiger partial charge in [0.25, 0.3) is 0 Å². The van der Waals surface area contributed by atoms with Gasteiger partial charge in [0.15, 0.2) is 5.82 Å². The van der Waals surface area contributed by atoms with E-state index in [9.17, 15) is 4.79 Å². The van der Waals surface area contributed by atoms with Gasteiger partial charge in [-0.1, -0.05) is 5.16 Å². The van der Waals surface area contributed by atoms with Crippen LogP contribution in [0.1, 0.15) is 18.1 Å². The van der Waals surface area contributed by atoms with Crippen LogP contribution >= 0.6 is 0 Å². The molecular weight excluding hydrogens is 246 g/mol. The molecule has 0 spiro atoms. The molecular formula is C12H21N5O2. The molecule has 0 bridgehead atoms. The molecule has 0 unspecified atom stereocenters. The highest BCUT2D eigenvalue weighted by atomic mass is 16.5. The second kappa shape index (κ2) is 7.20. The lowest BCUT2D eigenvalue weighted by Gasteiger charge is -2.18. The predicted octanol–water partition coefficient (Wildman–Crippen LogP) is -0.668. The predicted molar refractivity (Wildman–Crippen MR) is 69.7 cm³/mol. The highest BCUT2D eigenvalue weighted by Crippen LogP contribution is 1.96. The standard InChI is InChI=1S/C12H21N5O2/c1-10-15-11(16-19-10)3-5-14-12(18)9-17-7-2-4-13-6-8-17/h13H,2-9H2,1H3,(H,14,18). The molecule has 1 amide bonds. The van der Waals surface area contributed by atoms with E-state index in [-0.39, 0.29) is 5.91 Å². The first-order chi connectivity index (χ1) is 9.24. The van der Waals surface area contributed by atoms with Crippen molar-refractivity contribution in [3.05, 3.63) is 11.7 Å². The Kier molecular flexibility index (Phi) is 5.29. The van der Waals surface area contributed by atoms with Crippen molar-refractivity contribution < 1.29 is 9.32 Å². The van der Waals surface area contributed by atoms with Crippen LogP contribution in [0.2, 0.25) is 0 Å². The Balaban J connectivity index is 1.63. The van der Waals surface area contributed by atoms with E-state index in [1.54, 1.807) is 6.92 Å². The number of amides is 1. The van der Waals surface area contributed by atoms with E-state index in [0.717, 1.165) is 32.6 Å². The molecule has 0 radical (unpaired) electrons. The summed E-state index contributed by atoms with van der Waals surface area (Å²) in [7, 11) is 0. The second-order valence-corrected chi connectivity index (χ2v) is 4.71. The summed E-state index contributed by atoms with van der Waals surface area (Å²) in [6.45, 7) is 6.66. The van der Waals surface area contributed by atoms with E-state index in [0.29, 0.717) is 31.2 Å². The van der Waals surface area contributed by atoms with Gasteiger partial charge in [0.05, 0.1) is 6.54 Å². The number of nitrogens with one attached hydrogen (secondary N) is 2. The Morgan fingerprint density at radius 3 is 3.16 bits per heavy atom. The third-order valence-electron chi connectivity index (χ3n) is 3.04. The molecule has 1 saturated heterocycles. The normalized spacial score (nSPS) is 17.1. The number of carbonyl (C=O) groups excluding carboxylic acids is 1. The molecule has 0 aromatic carbocycles. The van der Waals surface area contributed by atoms with Gasteiger partial charge in [0.1, 0.15) is 0 Å². The topological polar surface area (TPSA) is 83.3 Å². The molecule has 19 heavy (non-hydrogen) atoms. The van der Waals surface area contributed by atoms with Crippen molar-refractivity contribution >= 4 is 5.91 Å². The van der Waals surface area contributed by atoms with Gasteiger partial charge in [-0.3, -0.25) is 9.69 Å². The number of rotatable bonds is 5. The van der Waals surface area contributed by atoms with Crippen LogP contribution in [0.4, 0.5) is 0 Å². The average Bonchev–Trinajstić information content (AvgIpc) is 2.63. The van der Waals surface area contributed by atoms with Crippen LogP contribution in [-0.2, 0) is 11.2 Å². The highest BCUT2D eigenvalue weighted by Gasteiger charge is 2.12. The van der Waals surface area contributed by atoms with Crippen LogP contribution in [-0.4, -0.2) is 60.2 Å². The lowest BCUT2D eigenvalue weighted by molar-refractivity contribution is -0.122. The molecule has 1 aliphatic rings. The number of aryl methyl sites for hydroxylation is 1. The third-order valence-corrected chi connectivity index (χ3v) is 3.04.